The lowest BCUT2D eigenvalue weighted by Crippen LogP contribution is -2.28. The van der Waals surface area contributed by atoms with E-state index in [4.69, 9.17) is 16.2 Å². The quantitative estimate of drug-likeness (QED) is 0.500. The fourth-order valence-electron chi connectivity index (χ4n) is 3.38. The third-order valence-corrected chi connectivity index (χ3v) is 4.86. The van der Waals surface area contributed by atoms with E-state index in [0.29, 0.717) is 22.9 Å². The first-order valence-corrected chi connectivity index (χ1v) is 8.88. The van der Waals surface area contributed by atoms with Crippen molar-refractivity contribution in [3.8, 4) is 5.69 Å². The number of nitrogen functional groups attached to an aromatic ring is 1. The maximum absolute atomic E-state index is 8.49. The van der Waals surface area contributed by atoms with Crippen molar-refractivity contribution in [3.05, 3.63) is 71.8 Å². The summed E-state index contributed by atoms with van der Waals surface area (Å²) in [6.07, 6.45) is 7.70. The maximum atomic E-state index is 8.49. The lowest BCUT2D eigenvalue weighted by molar-refractivity contribution is 0.453. The summed E-state index contributed by atoms with van der Waals surface area (Å²) in [6.45, 7) is 2.08. The molecule has 1 aliphatic rings. The predicted molar refractivity (Wildman–Crippen MR) is 103 cm³/mol. The van der Waals surface area contributed by atoms with E-state index >= 15 is 0 Å². The molecule has 3 aromatic rings. The van der Waals surface area contributed by atoms with Crippen LogP contribution in [0.5, 0.6) is 0 Å². The number of hydrogen-bond acceptors (Lipinski definition) is 5. The Balaban J connectivity index is 1.64. The first-order chi connectivity index (χ1) is 12.7. The highest BCUT2D eigenvalue weighted by atomic mass is 15.3. The van der Waals surface area contributed by atoms with Crippen molar-refractivity contribution in [2.45, 2.75) is 18.8 Å². The number of nitrogens with two attached hydrogens (primary N) is 1. The molecule has 4 rings (SSSR count). The van der Waals surface area contributed by atoms with Crippen LogP contribution in [0.15, 0.2) is 55.0 Å². The number of hydrogen-bond donors (Lipinski definition) is 3. The zero-order chi connectivity index (χ0) is 17.9. The third-order valence-electron chi connectivity index (χ3n) is 4.86. The summed E-state index contributed by atoms with van der Waals surface area (Å²) in [6, 6.07) is 11.4. The van der Waals surface area contributed by atoms with Crippen molar-refractivity contribution >= 4 is 11.4 Å². The molecule has 1 fully saturated rings. The number of pyridine rings is 1. The fraction of sp³-hybridized carbons (Fsp3) is 0.250. The predicted octanol–water partition coefficient (Wildman–Crippen LogP) is 2.73. The van der Waals surface area contributed by atoms with Gasteiger partial charge in [-0.05, 0) is 55.8 Å². The molecule has 1 saturated heterocycles. The molecule has 3 heterocycles. The molecule has 1 atom stereocenters. The van der Waals surface area contributed by atoms with Gasteiger partial charge in [-0.25, -0.2) is 4.68 Å². The van der Waals surface area contributed by atoms with Crippen molar-refractivity contribution in [1.29, 1.82) is 5.41 Å². The standard InChI is InChI=1S/C20H22N6/c21-18-4-3-16(12-17(18)20(22)14-5-9-23-10-6-14)26-11-7-19(25-26)15-2-1-8-24-13-15/h3-7,9-12,15,22,24H,1-2,8,13,21H2. The van der Waals surface area contributed by atoms with Crippen molar-refractivity contribution in [1.82, 2.24) is 20.1 Å². The molecule has 0 bridgehead atoms. The van der Waals surface area contributed by atoms with Crippen molar-refractivity contribution in [3.63, 3.8) is 0 Å². The molecule has 1 aliphatic heterocycles. The Morgan fingerprint density at radius 1 is 1.19 bits per heavy atom. The molecule has 4 N–H and O–H groups in total. The van der Waals surface area contributed by atoms with E-state index in [1.54, 1.807) is 12.4 Å². The number of nitrogens with one attached hydrogen (secondary N) is 2. The molecule has 0 spiro atoms. The Morgan fingerprint density at radius 2 is 2.04 bits per heavy atom. The molecule has 0 amide bonds. The van der Waals surface area contributed by atoms with Crippen LogP contribution >= 0.6 is 0 Å². The molecule has 26 heavy (non-hydrogen) atoms. The SMILES string of the molecule is N=C(c1ccncc1)c1cc(-n2ccc(C3CCCNC3)n2)ccc1N. The molecule has 0 aliphatic carbocycles. The van der Waals surface area contributed by atoms with Crippen LogP contribution in [-0.4, -0.2) is 33.6 Å². The van der Waals surface area contributed by atoms with E-state index in [-0.39, 0.29) is 0 Å². The molecule has 6 heteroatoms. The number of piperidine rings is 1. The monoisotopic (exact) mass is 346 g/mol. The Morgan fingerprint density at radius 3 is 2.81 bits per heavy atom. The highest BCUT2D eigenvalue weighted by Gasteiger charge is 2.18. The van der Waals surface area contributed by atoms with Crippen molar-refractivity contribution < 1.29 is 0 Å². The van der Waals surface area contributed by atoms with Gasteiger partial charge in [0.1, 0.15) is 0 Å². The highest BCUT2D eigenvalue weighted by Crippen LogP contribution is 2.24. The normalized spacial score (nSPS) is 17.2. The molecule has 0 saturated carbocycles. The van der Waals surface area contributed by atoms with Crippen LogP contribution in [0.3, 0.4) is 0 Å². The van der Waals surface area contributed by atoms with Crippen LogP contribution < -0.4 is 11.1 Å². The van der Waals surface area contributed by atoms with Crippen LogP contribution in [-0.2, 0) is 0 Å². The highest BCUT2D eigenvalue weighted by molar-refractivity contribution is 6.14. The Bertz CT molecular complexity index is 909. The maximum Gasteiger partial charge on any atom is 0.0707 e. The van der Waals surface area contributed by atoms with Crippen molar-refractivity contribution in [2.24, 2.45) is 0 Å². The van der Waals surface area contributed by atoms with Gasteiger partial charge in [0.2, 0.25) is 0 Å². The summed E-state index contributed by atoms with van der Waals surface area (Å²) in [5.74, 6) is 0.466. The lowest BCUT2D eigenvalue weighted by Gasteiger charge is -2.20. The van der Waals surface area contributed by atoms with Crippen LogP contribution in [0.4, 0.5) is 5.69 Å². The third kappa shape index (κ3) is 3.23. The Hall–Kier alpha value is -2.99. The minimum Gasteiger partial charge on any atom is -0.398 e. The van der Waals surface area contributed by atoms with E-state index in [1.165, 1.54) is 12.8 Å². The van der Waals surface area contributed by atoms with E-state index in [1.807, 2.05) is 41.2 Å². The summed E-state index contributed by atoms with van der Waals surface area (Å²) in [7, 11) is 0. The molecule has 2 aromatic heterocycles. The molecule has 1 aromatic carbocycles. The first-order valence-electron chi connectivity index (χ1n) is 8.88. The zero-order valence-corrected chi connectivity index (χ0v) is 14.5. The summed E-state index contributed by atoms with van der Waals surface area (Å²) in [5.41, 5.74) is 10.6. The largest absolute Gasteiger partial charge is 0.398 e. The number of anilines is 1. The van der Waals surface area contributed by atoms with Crippen LogP contribution in [0.25, 0.3) is 5.69 Å². The summed E-state index contributed by atoms with van der Waals surface area (Å²) in [5, 5.41) is 16.7. The van der Waals surface area contributed by atoms with Gasteiger partial charge < -0.3 is 11.1 Å². The number of benzene rings is 1. The summed E-state index contributed by atoms with van der Waals surface area (Å²) >= 11 is 0. The van der Waals surface area contributed by atoms with E-state index < -0.39 is 0 Å². The zero-order valence-electron chi connectivity index (χ0n) is 14.5. The van der Waals surface area contributed by atoms with Gasteiger partial charge in [-0.1, -0.05) is 0 Å². The molecule has 1 unspecified atom stereocenters. The first kappa shape index (κ1) is 16.5. The van der Waals surface area contributed by atoms with Crippen LogP contribution in [0.1, 0.15) is 35.6 Å². The lowest BCUT2D eigenvalue weighted by atomic mass is 9.97. The Labute approximate surface area is 152 Å². The second-order valence-electron chi connectivity index (χ2n) is 6.61. The number of aromatic nitrogens is 3. The minimum atomic E-state index is 0.385. The van der Waals surface area contributed by atoms with Gasteiger partial charge in [0.25, 0.3) is 0 Å². The second-order valence-corrected chi connectivity index (χ2v) is 6.61. The van der Waals surface area contributed by atoms with Gasteiger partial charge in [-0.3, -0.25) is 10.4 Å². The van der Waals surface area contributed by atoms with Crippen LogP contribution in [0, 0.1) is 5.41 Å². The molecule has 132 valence electrons. The molecule has 6 nitrogen and oxygen atoms in total. The Kier molecular flexibility index (Phi) is 4.50. The van der Waals surface area contributed by atoms with E-state index in [0.717, 1.165) is 30.0 Å². The molecular weight excluding hydrogens is 324 g/mol. The summed E-state index contributed by atoms with van der Waals surface area (Å²) in [4.78, 5) is 4.01. The van der Waals surface area contributed by atoms with Crippen LogP contribution in [0.2, 0.25) is 0 Å². The fourth-order valence-corrected chi connectivity index (χ4v) is 3.38. The average molecular weight is 346 g/mol. The molecular formula is C20H22N6. The van der Waals surface area contributed by atoms with Gasteiger partial charge in [0.05, 0.1) is 17.1 Å². The average Bonchev–Trinajstić information content (AvgIpc) is 3.19. The number of nitrogens with zero attached hydrogens (tertiary/aromatic N) is 3. The van der Waals surface area contributed by atoms with Gasteiger partial charge in [-0.15, -0.1) is 0 Å². The minimum absolute atomic E-state index is 0.385. The van der Waals surface area contributed by atoms with E-state index in [2.05, 4.69) is 16.4 Å². The molecule has 0 radical (unpaired) electrons. The van der Waals surface area contributed by atoms with Gasteiger partial charge >= 0.3 is 0 Å². The van der Waals surface area contributed by atoms with Gasteiger partial charge in [0.15, 0.2) is 0 Å². The topological polar surface area (TPSA) is 92.6 Å². The van der Waals surface area contributed by atoms with E-state index in [9.17, 15) is 0 Å². The second kappa shape index (κ2) is 7.09. The summed E-state index contributed by atoms with van der Waals surface area (Å²) < 4.78 is 1.87. The smallest absolute Gasteiger partial charge is 0.0707 e. The number of rotatable bonds is 4. The van der Waals surface area contributed by atoms with Gasteiger partial charge in [0, 0.05) is 47.9 Å². The van der Waals surface area contributed by atoms with Crippen molar-refractivity contribution in [2.75, 3.05) is 18.8 Å². The van der Waals surface area contributed by atoms with Gasteiger partial charge in [-0.2, -0.15) is 5.10 Å².